The Morgan fingerprint density at radius 3 is 2.67 bits per heavy atom. The maximum atomic E-state index is 11.0. The van der Waals surface area contributed by atoms with Crippen molar-refractivity contribution in [1.29, 1.82) is 0 Å². The Kier molecular flexibility index (Phi) is 2.61. The molecular formula is C10H11ClN2O2. The van der Waals surface area contributed by atoms with Crippen molar-refractivity contribution in [3.63, 3.8) is 0 Å². The summed E-state index contributed by atoms with van der Waals surface area (Å²) in [6.45, 7) is 1.87. The zero-order valence-corrected chi connectivity index (χ0v) is 9.08. The van der Waals surface area contributed by atoms with Crippen LogP contribution >= 0.6 is 11.6 Å². The van der Waals surface area contributed by atoms with Gasteiger partial charge in [0, 0.05) is 12.0 Å². The van der Waals surface area contributed by atoms with Gasteiger partial charge in [-0.3, -0.25) is 0 Å². The van der Waals surface area contributed by atoms with Crippen LogP contribution in [0.3, 0.4) is 0 Å². The smallest absolute Gasteiger partial charge is 0.354 e. The number of halogens is 1. The molecule has 0 aromatic carbocycles. The molecule has 2 rings (SSSR count). The van der Waals surface area contributed by atoms with Crippen molar-refractivity contribution in [3.05, 3.63) is 22.2 Å². The van der Waals surface area contributed by atoms with Gasteiger partial charge in [0.1, 0.15) is 11.0 Å². The first-order chi connectivity index (χ1) is 7.13. The summed E-state index contributed by atoms with van der Waals surface area (Å²) in [5, 5.41) is 9.34. The Labute approximate surface area is 92.3 Å². The van der Waals surface area contributed by atoms with Gasteiger partial charge in [-0.1, -0.05) is 18.5 Å². The number of rotatable bonds is 3. The van der Waals surface area contributed by atoms with E-state index in [9.17, 15) is 4.79 Å². The van der Waals surface area contributed by atoms with Crippen LogP contribution in [0.5, 0.6) is 0 Å². The number of aromatic carboxylic acids is 1. The lowest BCUT2D eigenvalue weighted by molar-refractivity contribution is 0.0688. The molecule has 0 saturated heterocycles. The van der Waals surface area contributed by atoms with E-state index in [4.69, 9.17) is 16.7 Å². The van der Waals surface area contributed by atoms with Crippen LogP contribution in [0.1, 0.15) is 47.6 Å². The van der Waals surface area contributed by atoms with Crippen LogP contribution in [0, 0.1) is 0 Å². The van der Waals surface area contributed by atoms with Crippen LogP contribution in [0.4, 0.5) is 0 Å². The van der Waals surface area contributed by atoms with Crippen LogP contribution in [0.2, 0.25) is 5.15 Å². The van der Waals surface area contributed by atoms with E-state index >= 15 is 0 Å². The summed E-state index contributed by atoms with van der Waals surface area (Å²) in [7, 11) is 0. The average Bonchev–Trinajstić information content (AvgIpc) is 2.99. The van der Waals surface area contributed by atoms with Crippen molar-refractivity contribution in [3.8, 4) is 0 Å². The second kappa shape index (κ2) is 3.77. The van der Waals surface area contributed by atoms with Crippen molar-refractivity contribution < 1.29 is 9.90 Å². The molecule has 1 aromatic heterocycles. The van der Waals surface area contributed by atoms with Gasteiger partial charge in [0.2, 0.25) is 0 Å². The highest BCUT2D eigenvalue weighted by Crippen LogP contribution is 2.43. The highest BCUT2D eigenvalue weighted by atomic mass is 35.5. The molecular weight excluding hydrogens is 216 g/mol. The number of nitrogens with zero attached hydrogens (tertiary/aromatic N) is 2. The van der Waals surface area contributed by atoms with E-state index in [1.165, 1.54) is 0 Å². The number of hydrogen-bond acceptors (Lipinski definition) is 3. The molecule has 1 fully saturated rings. The topological polar surface area (TPSA) is 63.1 Å². The fourth-order valence-corrected chi connectivity index (χ4v) is 1.88. The second-order valence-electron chi connectivity index (χ2n) is 3.63. The molecule has 0 unspecified atom stereocenters. The fraction of sp³-hybridized carbons (Fsp3) is 0.500. The number of carboxylic acid groups (broad SMARTS) is 1. The molecule has 1 aliphatic carbocycles. The van der Waals surface area contributed by atoms with E-state index in [1.54, 1.807) is 0 Å². The molecule has 0 aliphatic heterocycles. The first-order valence-corrected chi connectivity index (χ1v) is 5.30. The van der Waals surface area contributed by atoms with Gasteiger partial charge in [-0.25, -0.2) is 14.8 Å². The van der Waals surface area contributed by atoms with Gasteiger partial charge in [-0.15, -0.1) is 0 Å². The van der Waals surface area contributed by atoms with Gasteiger partial charge < -0.3 is 5.11 Å². The minimum absolute atomic E-state index is 0.0781. The maximum absolute atomic E-state index is 11.0. The summed E-state index contributed by atoms with van der Waals surface area (Å²) in [5.41, 5.74) is 0.690. The van der Waals surface area contributed by atoms with Crippen molar-refractivity contribution in [1.82, 2.24) is 9.97 Å². The number of aromatic nitrogens is 2. The van der Waals surface area contributed by atoms with Gasteiger partial charge in [-0.2, -0.15) is 0 Å². The van der Waals surface area contributed by atoms with E-state index in [0.29, 0.717) is 23.0 Å². The van der Waals surface area contributed by atoms with Gasteiger partial charge in [0.05, 0.1) is 0 Å². The zero-order chi connectivity index (χ0) is 11.0. The zero-order valence-electron chi connectivity index (χ0n) is 8.33. The average molecular weight is 227 g/mol. The van der Waals surface area contributed by atoms with Crippen LogP contribution in [0.25, 0.3) is 0 Å². The molecule has 0 bridgehead atoms. The lowest BCUT2D eigenvalue weighted by Crippen LogP contribution is -2.10. The Balaban J connectivity index is 2.55. The van der Waals surface area contributed by atoms with Crippen molar-refractivity contribution in [2.45, 2.75) is 32.1 Å². The highest BCUT2D eigenvalue weighted by Gasteiger charge is 2.32. The third-order valence-corrected chi connectivity index (χ3v) is 2.74. The van der Waals surface area contributed by atoms with E-state index in [-0.39, 0.29) is 11.6 Å². The number of hydrogen-bond donors (Lipinski definition) is 1. The van der Waals surface area contributed by atoms with Gasteiger partial charge in [0.25, 0.3) is 0 Å². The molecule has 1 aliphatic rings. The fourth-order valence-electron chi connectivity index (χ4n) is 1.54. The molecule has 0 radical (unpaired) electrons. The number of aryl methyl sites for hydroxylation is 1. The molecule has 15 heavy (non-hydrogen) atoms. The first-order valence-electron chi connectivity index (χ1n) is 4.93. The first kappa shape index (κ1) is 10.4. The lowest BCUT2D eigenvalue weighted by atomic mass is 10.1. The molecule has 5 heteroatoms. The molecule has 1 N–H and O–H groups in total. The van der Waals surface area contributed by atoms with Gasteiger partial charge >= 0.3 is 5.97 Å². The Morgan fingerprint density at radius 2 is 2.20 bits per heavy atom. The van der Waals surface area contributed by atoms with Crippen LogP contribution in [-0.2, 0) is 6.42 Å². The normalized spacial score (nSPS) is 15.3. The molecule has 80 valence electrons. The summed E-state index contributed by atoms with van der Waals surface area (Å²) >= 11 is 5.98. The quantitative estimate of drug-likeness (QED) is 0.803. The highest BCUT2D eigenvalue weighted by molar-refractivity contribution is 6.30. The van der Waals surface area contributed by atoms with Crippen molar-refractivity contribution in [2.24, 2.45) is 0 Å². The van der Waals surface area contributed by atoms with Gasteiger partial charge in [-0.05, 0) is 18.8 Å². The standard InChI is InChI=1S/C10H11ClN2O2/c1-2-6-12-8(10(14)15)7(5-3-4-5)9(11)13-6/h5H,2-4H2,1H3,(H,14,15). The molecule has 0 atom stereocenters. The number of carboxylic acids is 1. The summed E-state index contributed by atoms with van der Waals surface area (Å²) < 4.78 is 0. The van der Waals surface area contributed by atoms with E-state index in [2.05, 4.69) is 9.97 Å². The molecule has 4 nitrogen and oxygen atoms in total. The minimum atomic E-state index is -1.02. The van der Waals surface area contributed by atoms with Crippen LogP contribution in [0.15, 0.2) is 0 Å². The molecule has 0 spiro atoms. The van der Waals surface area contributed by atoms with Crippen LogP contribution < -0.4 is 0 Å². The molecule has 1 saturated carbocycles. The maximum Gasteiger partial charge on any atom is 0.354 e. The Bertz CT molecular complexity index is 416. The Hall–Kier alpha value is -1.16. The SMILES string of the molecule is CCc1nc(Cl)c(C2CC2)c(C(=O)O)n1. The van der Waals surface area contributed by atoms with Crippen molar-refractivity contribution in [2.75, 3.05) is 0 Å². The van der Waals surface area contributed by atoms with E-state index < -0.39 is 5.97 Å². The van der Waals surface area contributed by atoms with Crippen LogP contribution in [-0.4, -0.2) is 21.0 Å². The molecule has 1 aromatic rings. The largest absolute Gasteiger partial charge is 0.476 e. The Morgan fingerprint density at radius 1 is 1.53 bits per heavy atom. The predicted molar refractivity (Wildman–Crippen MR) is 55.4 cm³/mol. The van der Waals surface area contributed by atoms with E-state index in [0.717, 1.165) is 12.8 Å². The summed E-state index contributed by atoms with van der Waals surface area (Å²) in [5.74, 6) is -0.285. The summed E-state index contributed by atoms with van der Waals surface area (Å²) in [6, 6.07) is 0. The number of carbonyl (C=O) groups is 1. The summed E-state index contributed by atoms with van der Waals surface area (Å²) in [4.78, 5) is 19.1. The van der Waals surface area contributed by atoms with Crippen molar-refractivity contribution >= 4 is 17.6 Å². The second-order valence-corrected chi connectivity index (χ2v) is 3.98. The van der Waals surface area contributed by atoms with E-state index in [1.807, 2.05) is 6.92 Å². The van der Waals surface area contributed by atoms with Gasteiger partial charge in [0.15, 0.2) is 5.69 Å². The monoisotopic (exact) mass is 226 g/mol. The lowest BCUT2D eigenvalue weighted by Gasteiger charge is -2.07. The minimum Gasteiger partial charge on any atom is -0.476 e. The third-order valence-electron chi connectivity index (χ3n) is 2.45. The molecule has 0 amide bonds. The summed E-state index contributed by atoms with van der Waals surface area (Å²) in [6.07, 6.45) is 2.55. The predicted octanol–water partition coefficient (Wildman–Crippen LogP) is 2.27. The third kappa shape index (κ3) is 1.95. The molecule has 1 heterocycles.